The van der Waals surface area contributed by atoms with Gasteiger partial charge in [-0.05, 0) is 29.5 Å². The number of carbonyl (C=O) groups excluding carboxylic acids is 2. The van der Waals surface area contributed by atoms with Gasteiger partial charge in [0, 0.05) is 51.6 Å². The fraction of sp³-hybridized carbons (Fsp3) is 0.417. The SMILES string of the molecule is O=C(CCC1=NNC2N(Cc3ccccc3)C(=O)C3CCCCC3N12)N1CCN(C(c2ccccc2)c2ccccc2)CC1. The minimum atomic E-state index is -0.288. The number of fused-ring (bicyclic) bond motifs is 3. The summed E-state index contributed by atoms with van der Waals surface area (Å²) in [5.41, 5.74) is 6.95. The van der Waals surface area contributed by atoms with Crippen LogP contribution in [0.1, 0.15) is 61.3 Å². The molecule has 3 unspecified atom stereocenters. The first-order valence-electron chi connectivity index (χ1n) is 16.2. The van der Waals surface area contributed by atoms with Crippen molar-refractivity contribution in [1.29, 1.82) is 0 Å². The molecule has 2 amide bonds. The maximum Gasteiger partial charge on any atom is 0.231 e. The van der Waals surface area contributed by atoms with Crippen LogP contribution in [0.5, 0.6) is 0 Å². The standard InChI is InChI=1S/C36H42N6O2/c43-33(39-22-24-40(25-23-39)34(28-14-6-2-7-15-28)29-16-8-3-9-17-29)21-20-32-37-38-36-41(26-27-12-4-1-5-13-27)35(44)30-18-10-11-19-31(30)42(32)36/h1-9,12-17,30-31,34,36,38H,10-11,18-26H2. The van der Waals surface area contributed by atoms with Gasteiger partial charge in [-0.2, -0.15) is 5.10 Å². The monoisotopic (exact) mass is 590 g/mol. The van der Waals surface area contributed by atoms with E-state index in [1.54, 1.807) is 0 Å². The molecule has 0 spiro atoms. The predicted molar refractivity (Wildman–Crippen MR) is 171 cm³/mol. The number of benzene rings is 3. The first kappa shape index (κ1) is 28.6. The van der Waals surface area contributed by atoms with E-state index in [2.05, 4.69) is 88.0 Å². The second-order valence-electron chi connectivity index (χ2n) is 12.5. The number of piperazine rings is 1. The molecule has 0 bridgehead atoms. The smallest absolute Gasteiger partial charge is 0.231 e. The molecular weight excluding hydrogens is 548 g/mol. The number of nitrogens with one attached hydrogen (secondary N) is 1. The van der Waals surface area contributed by atoms with Crippen molar-refractivity contribution in [2.24, 2.45) is 11.0 Å². The lowest BCUT2D eigenvalue weighted by Crippen LogP contribution is -2.67. The Balaban J connectivity index is 0.994. The Kier molecular flexibility index (Phi) is 8.33. The number of amidine groups is 1. The van der Waals surface area contributed by atoms with Gasteiger partial charge in [0.15, 0.2) is 6.29 Å². The van der Waals surface area contributed by atoms with Gasteiger partial charge in [0.25, 0.3) is 0 Å². The molecule has 0 aromatic heterocycles. The summed E-state index contributed by atoms with van der Waals surface area (Å²) in [6.45, 7) is 3.65. The van der Waals surface area contributed by atoms with Gasteiger partial charge < -0.3 is 9.80 Å². The third-order valence-corrected chi connectivity index (χ3v) is 9.87. The molecule has 1 N–H and O–H groups in total. The number of amides is 2. The lowest BCUT2D eigenvalue weighted by Gasteiger charge is -2.50. The molecule has 3 fully saturated rings. The molecule has 7 rings (SSSR count). The van der Waals surface area contributed by atoms with E-state index < -0.39 is 0 Å². The van der Waals surface area contributed by atoms with Crippen molar-refractivity contribution in [2.75, 3.05) is 26.2 Å². The summed E-state index contributed by atoms with van der Waals surface area (Å²) < 4.78 is 0. The van der Waals surface area contributed by atoms with Gasteiger partial charge in [0.1, 0.15) is 5.84 Å². The fourth-order valence-electron chi connectivity index (χ4n) is 7.67. The molecule has 1 saturated carbocycles. The van der Waals surface area contributed by atoms with Gasteiger partial charge in [-0.1, -0.05) is 104 Å². The first-order valence-corrected chi connectivity index (χ1v) is 16.2. The normalized spacial score (nSPS) is 23.7. The molecule has 228 valence electrons. The lowest BCUT2D eigenvalue weighted by atomic mass is 9.80. The quantitative estimate of drug-likeness (QED) is 0.408. The van der Waals surface area contributed by atoms with E-state index in [-0.39, 0.29) is 36.1 Å². The predicted octanol–water partition coefficient (Wildman–Crippen LogP) is 4.80. The number of hydrazone groups is 1. The number of rotatable bonds is 8. The zero-order valence-corrected chi connectivity index (χ0v) is 25.3. The Bertz CT molecular complexity index is 1420. The molecule has 3 aromatic carbocycles. The summed E-state index contributed by atoms with van der Waals surface area (Å²) in [6, 6.07) is 31.8. The highest BCUT2D eigenvalue weighted by molar-refractivity contribution is 5.91. The Labute approximate surface area is 260 Å². The Morgan fingerprint density at radius 2 is 1.43 bits per heavy atom. The van der Waals surface area contributed by atoms with E-state index in [9.17, 15) is 9.59 Å². The van der Waals surface area contributed by atoms with E-state index in [0.29, 0.717) is 19.4 Å². The van der Waals surface area contributed by atoms with Crippen LogP contribution in [0.2, 0.25) is 0 Å². The topological polar surface area (TPSA) is 71.5 Å². The van der Waals surface area contributed by atoms with E-state index in [1.165, 1.54) is 11.1 Å². The molecule has 4 aliphatic rings. The molecule has 3 aromatic rings. The third kappa shape index (κ3) is 5.71. The van der Waals surface area contributed by atoms with Crippen LogP contribution in [0.3, 0.4) is 0 Å². The summed E-state index contributed by atoms with van der Waals surface area (Å²) in [5.74, 6) is 1.31. The summed E-state index contributed by atoms with van der Waals surface area (Å²) in [7, 11) is 0. The Morgan fingerprint density at radius 1 is 0.818 bits per heavy atom. The molecule has 0 radical (unpaired) electrons. The lowest BCUT2D eigenvalue weighted by molar-refractivity contribution is -0.156. The van der Waals surface area contributed by atoms with Gasteiger partial charge in [-0.15, -0.1) is 0 Å². The number of hydrogen-bond donors (Lipinski definition) is 1. The summed E-state index contributed by atoms with van der Waals surface area (Å²) in [4.78, 5) is 36.0. The van der Waals surface area contributed by atoms with Crippen LogP contribution < -0.4 is 5.43 Å². The van der Waals surface area contributed by atoms with Crippen LogP contribution in [-0.4, -0.2) is 75.8 Å². The van der Waals surface area contributed by atoms with Gasteiger partial charge in [-0.3, -0.25) is 24.8 Å². The highest BCUT2D eigenvalue weighted by Gasteiger charge is 2.50. The molecule has 8 nitrogen and oxygen atoms in total. The van der Waals surface area contributed by atoms with Crippen molar-refractivity contribution >= 4 is 17.6 Å². The van der Waals surface area contributed by atoms with Gasteiger partial charge in [-0.25, -0.2) is 0 Å². The zero-order valence-electron chi connectivity index (χ0n) is 25.3. The van der Waals surface area contributed by atoms with Crippen molar-refractivity contribution in [3.05, 3.63) is 108 Å². The molecule has 8 heteroatoms. The third-order valence-electron chi connectivity index (χ3n) is 9.87. The van der Waals surface area contributed by atoms with Crippen molar-refractivity contribution in [3.8, 4) is 0 Å². The number of carbonyl (C=O) groups is 2. The average Bonchev–Trinajstić information content (AvgIpc) is 3.51. The number of nitrogens with zero attached hydrogens (tertiary/aromatic N) is 5. The molecule has 44 heavy (non-hydrogen) atoms. The van der Waals surface area contributed by atoms with E-state index >= 15 is 0 Å². The van der Waals surface area contributed by atoms with E-state index in [1.807, 2.05) is 28.0 Å². The van der Waals surface area contributed by atoms with Crippen LogP contribution in [0.4, 0.5) is 0 Å². The molecular formula is C36H42N6O2. The van der Waals surface area contributed by atoms with Crippen LogP contribution in [0.25, 0.3) is 0 Å². The zero-order chi connectivity index (χ0) is 29.9. The van der Waals surface area contributed by atoms with Crippen molar-refractivity contribution in [3.63, 3.8) is 0 Å². The van der Waals surface area contributed by atoms with Gasteiger partial charge >= 0.3 is 0 Å². The largest absolute Gasteiger partial charge is 0.340 e. The maximum atomic E-state index is 13.7. The molecule has 3 aliphatic heterocycles. The molecule has 1 aliphatic carbocycles. The second-order valence-corrected chi connectivity index (χ2v) is 12.5. The first-order chi connectivity index (χ1) is 21.7. The molecule has 2 saturated heterocycles. The summed E-state index contributed by atoms with van der Waals surface area (Å²) >= 11 is 0. The van der Waals surface area contributed by atoms with Crippen molar-refractivity contribution < 1.29 is 9.59 Å². The van der Waals surface area contributed by atoms with Crippen LogP contribution >= 0.6 is 0 Å². The Morgan fingerprint density at radius 3 is 2.09 bits per heavy atom. The fourth-order valence-corrected chi connectivity index (χ4v) is 7.67. The van der Waals surface area contributed by atoms with Gasteiger partial charge in [0.05, 0.1) is 12.0 Å². The minimum Gasteiger partial charge on any atom is -0.340 e. The Hall–Kier alpha value is -4.17. The molecule has 3 atom stereocenters. The highest BCUT2D eigenvalue weighted by Crippen LogP contribution is 2.38. The van der Waals surface area contributed by atoms with Crippen LogP contribution in [0.15, 0.2) is 96.1 Å². The number of hydrogen-bond acceptors (Lipinski definition) is 6. The van der Waals surface area contributed by atoms with Crippen molar-refractivity contribution in [2.45, 2.75) is 63.4 Å². The average molecular weight is 591 g/mol. The minimum absolute atomic E-state index is 0.0141. The van der Waals surface area contributed by atoms with E-state index in [0.717, 1.165) is 63.3 Å². The van der Waals surface area contributed by atoms with E-state index in [4.69, 9.17) is 5.10 Å². The summed E-state index contributed by atoms with van der Waals surface area (Å²) in [5, 5.41) is 4.74. The van der Waals surface area contributed by atoms with Crippen molar-refractivity contribution in [1.82, 2.24) is 25.0 Å². The van der Waals surface area contributed by atoms with Crippen LogP contribution in [0, 0.1) is 5.92 Å². The van der Waals surface area contributed by atoms with Crippen LogP contribution in [-0.2, 0) is 16.1 Å². The second kappa shape index (κ2) is 12.8. The van der Waals surface area contributed by atoms with Gasteiger partial charge in [0.2, 0.25) is 11.8 Å². The molecule has 3 heterocycles. The summed E-state index contributed by atoms with van der Waals surface area (Å²) in [6.07, 6.45) is 4.84. The highest BCUT2D eigenvalue weighted by atomic mass is 16.2. The maximum absolute atomic E-state index is 13.7.